The first kappa shape index (κ1) is 12.1. The molecule has 0 aromatic carbocycles. The molecule has 1 aliphatic rings. The number of aromatic nitrogens is 4. The maximum absolute atomic E-state index is 12.2. The van der Waals surface area contributed by atoms with Gasteiger partial charge in [-0.25, -0.2) is 9.48 Å². The summed E-state index contributed by atoms with van der Waals surface area (Å²) in [6.07, 6.45) is 4.79. The number of aryl methyl sites for hydroxylation is 1. The van der Waals surface area contributed by atoms with E-state index in [1.54, 1.807) is 10.8 Å². The van der Waals surface area contributed by atoms with Crippen LogP contribution >= 0.6 is 0 Å². The van der Waals surface area contributed by atoms with E-state index in [2.05, 4.69) is 10.1 Å². The standard InChI is InChI=1S/C13H17N5O/c14-8-11-7-10(4-5-15-11)9-18-13(19)17-6-2-1-3-12(17)16-18/h4-5,7H,1-3,6,8-9,14H2. The molecule has 0 spiro atoms. The van der Waals surface area contributed by atoms with Crippen molar-refractivity contribution in [3.8, 4) is 0 Å². The second-order valence-electron chi connectivity index (χ2n) is 4.82. The number of nitrogens with zero attached hydrogens (tertiary/aromatic N) is 4. The van der Waals surface area contributed by atoms with Gasteiger partial charge >= 0.3 is 5.69 Å². The molecule has 0 saturated heterocycles. The summed E-state index contributed by atoms with van der Waals surface area (Å²) in [6, 6.07) is 3.81. The van der Waals surface area contributed by atoms with Gasteiger partial charge in [-0.15, -0.1) is 0 Å². The van der Waals surface area contributed by atoms with E-state index in [0.29, 0.717) is 13.1 Å². The molecular formula is C13H17N5O. The van der Waals surface area contributed by atoms with Crippen molar-refractivity contribution in [3.63, 3.8) is 0 Å². The number of rotatable bonds is 3. The minimum absolute atomic E-state index is 0.0131. The van der Waals surface area contributed by atoms with Crippen LogP contribution in [0.5, 0.6) is 0 Å². The summed E-state index contributed by atoms with van der Waals surface area (Å²) in [5, 5.41) is 4.42. The lowest BCUT2D eigenvalue weighted by atomic mass is 10.2. The highest BCUT2D eigenvalue weighted by Gasteiger charge is 2.16. The Bertz CT molecular complexity index is 643. The third-order valence-corrected chi connectivity index (χ3v) is 3.45. The average Bonchev–Trinajstić information content (AvgIpc) is 2.76. The van der Waals surface area contributed by atoms with E-state index in [-0.39, 0.29) is 5.69 Å². The summed E-state index contributed by atoms with van der Waals surface area (Å²) in [5.74, 6) is 0.907. The van der Waals surface area contributed by atoms with Crippen LogP contribution in [0.15, 0.2) is 23.1 Å². The van der Waals surface area contributed by atoms with Crippen LogP contribution in [0.3, 0.4) is 0 Å². The van der Waals surface area contributed by atoms with E-state index >= 15 is 0 Å². The monoisotopic (exact) mass is 259 g/mol. The maximum atomic E-state index is 12.2. The molecule has 3 heterocycles. The Morgan fingerprint density at radius 2 is 2.26 bits per heavy atom. The molecule has 1 aliphatic heterocycles. The number of nitrogens with two attached hydrogens (primary N) is 1. The lowest BCUT2D eigenvalue weighted by molar-refractivity contribution is 0.511. The average molecular weight is 259 g/mol. The lowest BCUT2D eigenvalue weighted by Crippen LogP contribution is -2.27. The molecule has 0 radical (unpaired) electrons. The fourth-order valence-electron chi connectivity index (χ4n) is 2.46. The maximum Gasteiger partial charge on any atom is 0.346 e. The minimum Gasteiger partial charge on any atom is -0.325 e. The van der Waals surface area contributed by atoms with Gasteiger partial charge in [0.1, 0.15) is 5.82 Å². The van der Waals surface area contributed by atoms with Gasteiger partial charge in [0.05, 0.1) is 12.2 Å². The zero-order chi connectivity index (χ0) is 13.2. The summed E-state index contributed by atoms with van der Waals surface area (Å²) in [5.41, 5.74) is 7.39. The smallest absolute Gasteiger partial charge is 0.325 e. The second kappa shape index (κ2) is 4.97. The fraction of sp³-hybridized carbons (Fsp3) is 0.462. The SMILES string of the molecule is NCc1cc(Cn2nc3n(c2=O)CCCC3)ccn1. The zero-order valence-corrected chi connectivity index (χ0v) is 10.7. The molecular weight excluding hydrogens is 242 g/mol. The van der Waals surface area contributed by atoms with E-state index in [9.17, 15) is 4.79 Å². The van der Waals surface area contributed by atoms with Gasteiger partial charge in [-0.2, -0.15) is 5.10 Å². The molecule has 0 bridgehead atoms. The summed E-state index contributed by atoms with van der Waals surface area (Å²) in [7, 11) is 0. The number of hydrogen-bond acceptors (Lipinski definition) is 4. The molecule has 0 fully saturated rings. The van der Waals surface area contributed by atoms with Crippen LogP contribution in [0.25, 0.3) is 0 Å². The van der Waals surface area contributed by atoms with Gasteiger partial charge in [0, 0.05) is 25.7 Å². The van der Waals surface area contributed by atoms with E-state index < -0.39 is 0 Å². The first-order valence-corrected chi connectivity index (χ1v) is 6.58. The van der Waals surface area contributed by atoms with Gasteiger partial charge in [-0.05, 0) is 30.5 Å². The number of fused-ring (bicyclic) bond motifs is 1. The third kappa shape index (κ3) is 2.31. The van der Waals surface area contributed by atoms with Crippen LogP contribution < -0.4 is 11.4 Å². The highest BCUT2D eigenvalue weighted by Crippen LogP contribution is 2.10. The molecule has 2 aromatic rings. The number of pyridine rings is 1. The fourth-order valence-corrected chi connectivity index (χ4v) is 2.46. The molecule has 0 saturated carbocycles. The van der Waals surface area contributed by atoms with E-state index in [0.717, 1.165) is 42.9 Å². The summed E-state index contributed by atoms with van der Waals surface area (Å²) in [6.45, 7) is 1.68. The molecule has 19 heavy (non-hydrogen) atoms. The van der Waals surface area contributed by atoms with E-state index in [1.165, 1.54) is 4.68 Å². The molecule has 2 aromatic heterocycles. The van der Waals surface area contributed by atoms with E-state index in [4.69, 9.17) is 5.73 Å². The van der Waals surface area contributed by atoms with Gasteiger partial charge < -0.3 is 5.73 Å². The Morgan fingerprint density at radius 3 is 3.05 bits per heavy atom. The topological polar surface area (TPSA) is 78.7 Å². The summed E-state index contributed by atoms with van der Waals surface area (Å²) < 4.78 is 3.32. The summed E-state index contributed by atoms with van der Waals surface area (Å²) >= 11 is 0. The van der Waals surface area contributed by atoms with Gasteiger partial charge in [0.2, 0.25) is 0 Å². The van der Waals surface area contributed by atoms with Crippen LogP contribution in [0.1, 0.15) is 29.9 Å². The normalized spacial score (nSPS) is 14.4. The van der Waals surface area contributed by atoms with Gasteiger partial charge in [-0.3, -0.25) is 9.55 Å². The Morgan fingerprint density at radius 1 is 1.37 bits per heavy atom. The van der Waals surface area contributed by atoms with Gasteiger partial charge in [0.25, 0.3) is 0 Å². The van der Waals surface area contributed by atoms with Crippen LogP contribution in [-0.4, -0.2) is 19.3 Å². The van der Waals surface area contributed by atoms with Crippen molar-refractivity contribution >= 4 is 0 Å². The highest BCUT2D eigenvalue weighted by molar-refractivity contribution is 5.16. The Hall–Kier alpha value is -1.95. The quantitative estimate of drug-likeness (QED) is 0.859. The van der Waals surface area contributed by atoms with Gasteiger partial charge in [-0.1, -0.05) is 0 Å². The summed E-state index contributed by atoms with van der Waals surface area (Å²) in [4.78, 5) is 16.3. The highest BCUT2D eigenvalue weighted by atomic mass is 16.2. The van der Waals surface area contributed by atoms with Crippen molar-refractivity contribution in [1.82, 2.24) is 19.3 Å². The molecule has 3 rings (SSSR count). The van der Waals surface area contributed by atoms with Crippen LogP contribution in [-0.2, 0) is 26.1 Å². The van der Waals surface area contributed by atoms with Crippen molar-refractivity contribution in [2.45, 2.75) is 38.9 Å². The first-order valence-electron chi connectivity index (χ1n) is 6.58. The Balaban J connectivity index is 1.91. The molecule has 0 aliphatic carbocycles. The third-order valence-electron chi connectivity index (χ3n) is 3.45. The molecule has 100 valence electrons. The molecule has 2 N–H and O–H groups in total. The zero-order valence-electron chi connectivity index (χ0n) is 10.7. The molecule has 0 amide bonds. The van der Waals surface area contributed by atoms with Crippen molar-refractivity contribution in [2.24, 2.45) is 5.73 Å². The van der Waals surface area contributed by atoms with Gasteiger partial charge in [0.15, 0.2) is 0 Å². The lowest BCUT2D eigenvalue weighted by Gasteiger charge is -2.09. The van der Waals surface area contributed by atoms with Crippen molar-refractivity contribution in [2.75, 3.05) is 0 Å². The van der Waals surface area contributed by atoms with Crippen LogP contribution in [0, 0.1) is 0 Å². The van der Waals surface area contributed by atoms with Crippen LogP contribution in [0.2, 0.25) is 0 Å². The molecule has 0 unspecified atom stereocenters. The molecule has 6 heteroatoms. The van der Waals surface area contributed by atoms with Crippen molar-refractivity contribution in [3.05, 3.63) is 45.9 Å². The Labute approximate surface area is 110 Å². The Kier molecular flexibility index (Phi) is 3.16. The molecule has 6 nitrogen and oxygen atoms in total. The predicted octanol–water partition coefficient (Wildman–Crippen LogP) is 0.283. The predicted molar refractivity (Wildman–Crippen MR) is 70.7 cm³/mol. The first-order chi connectivity index (χ1) is 9.28. The second-order valence-corrected chi connectivity index (χ2v) is 4.82. The molecule has 0 atom stereocenters. The van der Waals surface area contributed by atoms with Crippen molar-refractivity contribution < 1.29 is 0 Å². The number of hydrogen-bond donors (Lipinski definition) is 1. The minimum atomic E-state index is -0.0131. The van der Waals surface area contributed by atoms with Crippen molar-refractivity contribution in [1.29, 1.82) is 0 Å². The van der Waals surface area contributed by atoms with E-state index in [1.807, 2.05) is 12.1 Å². The van der Waals surface area contributed by atoms with Crippen LogP contribution in [0.4, 0.5) is 0 Å². The largest absolute Gasteiger partial charge is 0.346 e.